The maximum absolute atomic E-state index is 12.6. The number of rotatable bonds is 3. The standard InChI is InChI=1S/C16H16BrNO4/c1-8(19)7-18-15(22)12-13(20)10-6-9(17)4-5-11(10)16(2,3)14(12)21/h4-6,20H,7H2,1-3H3,(H,18,22). The highest BCUT2D eigenvalue weighted by molar-refractivity contribution is 9.10. The van der Waals surface area contributed by atoms with Crippen LogP contribution in [0.5, 0.6) is 0 Å². The maximum Gasteiger partial charge on any atom is 0.259 e. The Morgan fingerprint density at radius 2 is 1.95 bits per heavy atom. The van der Waals surface area contributed by atoms with Crippen LogP contribution in [0.15, 0.2) is 28.2 Å². The lowest BCUT2D eigenvalue weighted by Crippen LogP contribution is -2.42. The molecule has 0 unspecified atom stereocenters. The van der Waals surface area contributed by atoms with Crippen LogP contribution in [0, 0.1) is 0 Å². The summed E-state index contributed by atoms with van der Waals surface area (Å²) in [4.78, 5) is 35.8. The Balaban J connectivity index is 2.57. The molecule has 5 nitrogen and oxygen atoms in total. The van der Waals surface area contributed by atoms with Gasteiger partial charge in [0.15, 0.2) is 5.78 Å². The van der Waals surface area contributed by atoms with Gasteiger partial charge in [0.05, 0.1) is 12.0 Å². The second-order valence-electron chi connectivity index (χ2n) is 5.75. The zero-order valence-electron chi connectivity index (χ0n) is 12.5. The summed E-state index contributed by atoms with van der Waals surface area (Å²) in [5, 5.41) is 12.7. The Hall–Kier alpha value is -1.95. The number of aliphatic hydroxyl groups excluding tert-OH is 1. The molecule has 0 saturated carbocycles. The van der Waals surface area contributed by atoms with Crippen molar-refractivity contribution in [3.8, 4) is 0 Å². The SMILES string of the molecule is CC(=O)CNC(=O)C1=C(O)c2cc(Br)ccc2C(C)(C)C1=O. The zero-order chi connectivity index (χ0) is 16.7. The molecule has 0 atom stereocenters. The van der Waals surface area contributed by atoms with Crippen LogP contribution in [-0.2, 0) is 19.8 Å². The van der Waals surface area contributed by atoms with Crippen LogP contribution in [0.2, 0.25) is 0 Å². The number of aliphatic hydroxyl groups is 1. The normalized spacial score (nSPS) is 16.3. The summed E-state index contributed by atoms with van der Waals surface area (Å²) >= 11 is 3.31. The second kappa shape index (κ2) is 5.68. The number of nitrogens with one attached hydrogen (secondary N) is 1. The van der Waals surface area contributed by atoms with E-state index in [1.807, 2.05) is 0 Å². The highest BCUT2D eigenvalue weighted by atomic mass is 79.9. The fourth-order valence-corrected chi connectivity index (χ4v) is 2.80. The predicted octanol–water partition coefficient (Wildman–Crippen LogP) is 2.28. The van der Waals surface area contributed by atoms with E-state index in [9.17, 15) is 19.5 Å². The van der Waals surface area contributed by atoms with Gasteiger partial charge < -0.3 is 10.4 Å². The molecule has 2 rings (SSSR count). The van der Waals surface area contributed by atoms with Gasteiger partial charge in [-0.2, -0.15) is 0 Å². The van der Waals surface area contributed by atoms with Crippen LogP contribution in [0.1, 0.15) is 31.9 Å². The van der Waals surface area contributed by atoms with E-state index in [0.717, 1.165) is 4.47 Å². The average molecular weight is 366 g/mol. The van der Waals surface area contributed by atoms with Crippen molar-refractivity contribution in [3.63, 3.8) is 0 Å². The molecule has 0 aliphatic heterocycles. The number of benzene rings is 1. The van der Waals surface area contributed by atoms with E-state index in [0.29, 0.717) is 11.1 Å². The molecule has 0 bridgehead atoms. The van der Waals surface area contributed by atoms with E-state index in [-0.39, 0.29) is 23.7 Å². The topological polar surface area (TPSA) is 83.5 Å². The van der Waals surface area contributed by atoms with Gasteiger partial charge in [-0.25, -0.2) is 0 Å². The van der Waals surface area contributed by atoms with Crippen LogP contribution in [0.3, 0.4) is 0 Å². The Morgan fingerprint density at radius 1 is 1.32 bits per heavy atom. The van der Waals surface area contributed by atoms with E-state index in [4.69, 9.17) is 0 Å². The van der Waals surface area contributed by atoms with Crippen molar-refractivity contribution >= 4 is 39.2 Å². The van der Waals surface area contributed by atoms with Gasteiger partial charge >= 0.3 is 0 Å². The highest BCUT2D eigenvalue weighted by Gasteiger charge is 2.43. The lowest BCUT2D eigenvalue weighted by atomic mass is 9.71. The molecule has 1 aliphatic carbocycles. The third-order valence-electron chi connectivity index (χ3n) is 3.67. The number of carbonyl (C=O) groups is 3. The fourth-order valence-electron chi connectivity index (χ4n) is 2.44. The summed E-state index contributed by atoms with van der Waals surface area (Å²) in [6, 6.07) is 5.19. The second-order valence-corrected chi connectivity index (χ2v) is 6.67. The summed E-state index contributed by atoms with van der Waals surface area (Å²) in [5.74, 6) is -1.81. The van der Waals surface area contributed by atoms with Crippen LogP contribution in [0.4, 0.5) is 0 Å². The molecule has 0 heterocycles. The van der Waals surface area contributed by atoms with Crippen LogP contribution in [0.25, 0.3) is 5.76 Å². The molecule has 1 aromatic carbocycles. The van der Waals surface area contributed by atoms with Gasteiger partial charge in [-0.05, 0) is 38.5 Å². The molecule has 2 N–H and O–H groups in total. The Morgan fingerprint density at radius 3 is 2.55 bits per heavy atom. The summed E-state index contributed by atoms with van der Waals surface area (Å²) in [6.07, 6.45) is 0. The summed E-state index contributed by atoms with van der Waals surface area (Å²) in [7, 11) is 0. The minimum atomic E-state index is -0.939. The summed E-state index contributed by atoms with van der Waals surface area (Å²) in [6.45, 7) is 4.54. The predicted molar refractivity (Wildman–Crippen MR) is 85.4 cm³/mol. The third kappa shape index (κ3) is 2.70. The molecule has 0 aromatic heterocycles. The number of fused-ring (bicyclic) bond motifs is 1. The van der Waals surface area contributed by atoms with Gasteiger partial charge in [0.2, 0.25) is 0 Å². The lowest BCUT2D eigenvalue weighted by Gasteiger charge is -2.31. The fraction of sp³-hybridized carbons (Fsp3) is 0.312. The quantitative estimate of drug-likeness (QED) is 0.804. The van der Waals surface area contributed by atoms with Crippen LogP contribution < -0.4 is 5.32 Å². The van der Waals surface area contributed by atoms with Crippen molar-refractivity contribution in [3.05, 3.63) is 39.4 Å². The molecular weight excluding hydrogens is 350 g/mol. The molecule has 1 aliphatic rings. The number of hydrogen-bond donors (Lipinski definition) is 2. The lowest BCUT2D eigenvalue weighted by molar-refractivity contribution is -0.126. The number of hydrogen-bond acceptors (Lipinski definition) is 4. The van der Waals surface area contributed by atoms with Crippen molar-refractivity contribution in [1.82, 2.24) is 5.32 Å². The average Bonchev–Trinajstić information content (AvgIpc) is 2.43. The minimum Gasteiger partial charge on any atom is -0.506 e. The Bertz CT molecular complexity index is 719. The van der Waals surface area contributed by atoms with E-state index >= 15 is 0 Å². The number of carbonyl (C=O) groups excluding carboxylic acids is 3. The van der Waals surface area contributed by atoms with Gasteiger partial charge in [0.25, 0.3) is 5.91 Å². The first kappa shape index (κ1) is 16.4. The largest absolute Gasteiger partial charge is 0.506 e. The zero-order valence-corrected chi connectivity index (χ0v) is 14.1. The van der Waals surface area contributed by atoms with Crippen LogP contribution in [-0.4, -0.2) is 29.1 Å². The molecule has 6 heteroatoms. The van der Waals surface area contributed by atoms with Gasteiger partial charge in [-0.1, -0.05) is 22.0 Å². The molecule has 0 radical (unpaired) electrons. The molecule has 1 amide bonds. The monoisotopic (exact) mass is 365 g/mol. The molecule has 0 fully saturated rings. The summed E-state index contributed by atoms with van der Waals surface area (Å²) in [5.41, 5.74) is -0.157. The smallest absolute Gasteiger partial charge is 0.259 e. The van der Waals surface area contributed by atoms with E-state index in [1.54, 1.807) is 32.0 Å². The molecule has 22 heavy (non-hydrogen) atoms. The van der Waals surface area contributed by atoms with Crippen molar-refractivity contribution in [2.45, 2.75) is 26.2 Å². The molecule has 0 spiro atoms. The van der Waals surface area contributed by atoms with Crippen molar-refractivity contribution in [2.24, 2.45) is 0 Å². The van der Waals surface area contributed by atoms with Gasteiger partial charge in [0.1, 0.15) is 17.1 Å². The van der Waals surface area contributed by atoms with Crippen molar-refractivity contribution in [2.75, 3.05) is 6.54 Å². The highest BCUT2D eigenvalue weighted by Crippen LogP contribution is 2.40. The number of halogens is 1. The first-order valence-corrected chi connectivity index (χ1v) is 7.51. The van der Waals surface area contributed by atoms with Gasteiger partial charge in [0, 0.05) is 10.0 Å². The number of amides is 1. The molecule has 1 aromatic rings. The minimum absolute atomic E-state index is 0.186. The number of Topliss-reactive ketones (excluding diaryl/α,β-unsaturated/α-hetero) is 2. The van der Waals surface area contributed by atoms with E-state index in [1.165, 1.54) is 6.92 Å². The van der Waals surface area contributed by atoms with E-state index in [2.05, 4.69) is 21.2 Å². The molecule has 0 saturated heterocycles. The maximum atomic E-state index is 12.6. The number of ketones is 2. The van der Waals surface area contributed by atoms with Crippen LogP contribution >= 0.6 is 15.9 Å². The first-order chi connectivity index (χ1) is 10.2. The summed E-state index contributed by atoms with van der Waals surface area (Å²) < 4.78 is 0.728. The Labute approximate surface area is 136 Å². The van der Waals surface area contributed by atoms with Crippen molar-refractivity contribution < 1.29 is 19.5 Å². The van der Waals surface area contributed by atoms with Crippen molar-refractivity contribution in [1.29, 1.82) is 0 Å². The van der Waals surface area contributed by atoms with Gasteiger partial charge in [-0.3, -0.25) is 14.4 Å². The first-order valence-electron chi connectivity index (χ1n) is 6.72. The Kier molecular flexibility index (Phi) is 4.24. The van der Waals surface area contributed by atoms with Gasteiger partial charge in [-0.15, -0.1) is 0 Å². The van der Waals surface area contributed by atoms with E-state index < -0.39 is 17.1 Å². The molecule has 116 valence electrons. The molecular formula is C16H16BrNO4. The third-order valence-corrected chi connectivity index (χ3v) is 4.16.